The topological polar surface area (TPSA) is 58.6 Å². The minimum atomic E-state index is -1.05. The number of ether oxygens (including phenoxy) is 1. The summed E-state index contributed by atoms with van der Waals surface area (Å²) in [6.07, 6.45) is 5.28. The van der Waals surface area contributed by atoms with Crippen molar-refractivity contribution in [3.8, 4) is 16.9 Å². The molecule has 1 saturated carbocycles. The molecule has 0 spiro atoms. The lowest BCUT2D eigenvalue weighted by atomic mass is 9.89. The highest BCUT2D eigenvalue weighted by atomic mass is 35.5. The highest BCUT2D eigenvalue weighted by molar-refractivity contribution is 7.84. The van der Waals surface area contributed by atoms with Crippen molar-refractivity contribution in [2.75, 3.05) is 20.4 Å². The van der Waals surface area contributed by atoms with Crippen LogP contribution in [-0.2, 0) is 17.3 Å². The molecule has 9 heteroatoms. The number of hydrogen-bond acceptors (Lipinski definition) is 5. The minimum absolute atomic E-state index is 0.00602. The first-order valence-electron chi connectivity index (χ1n) is 13.7. The average molecular weight is 613 g/mol. The van der Waals surface area contributed by atoms with Gasteiger partial charge in [-0.25, -0.2) is 4.39 Å². The van der Waals surface area contributed by atoms with Crippen LogP contribution in [0.3, 0.4) is 0 Å². The number of nitrogens with zero attached hydrogens (tertiary/aromatic N) is 1. The van der Waals surface area contributed by atoms with Gasteiger partial charge in [-0.05, 0) is 86.7 Å². The van der Waals surface area contributed by atoms with E-state index in [1.54, 1.807) is 19.4 Å². The van der Waals surface area contributed by atoms with Crippen molar-refractivity contribution in [3.63, 3.8) is 0 Å². The van der Waals surface area contributed by atoms with Gasteiger partial charge in [0.25, 0.3) is 5.91 Å². The molecular formula is C32H34ClFN2O3S2. The molecule has 1 N–H and O–H groups in total. The average Bonchev–Trinajstić information content (AvgIpc) is 3.35. The zero-order chi connectivity index (χ0) is 29.3. The van der Waals surface area contributed by atoms with Gasteiger partial charge in [-0.2, -0.15) is 0 Å². The van der Waals surface area contributed by atoms with Gasteiger partial charge in [-0.1, -0.05) is 35.9 Å². The van der Waals surface area contributed by atoms with E-state index < -0.39 is 10.8 Å². The first kappa shape index (κ1) is 29.7. The van der Waals surface area contributed by atoms with E-state index in [1.807, 2.05) is 61.3 Å². The van der Waals surface area contributed by atoms with Crippen molar-refractivity contribution in [2.45, 2.75) is 56.1 Å². The third kappa shape index (κ3) is 6.07. The number of amides is 1. The number of carbonyl (C=O) groups excluding carboxylic acids is 1. The van der Waals surface area contributed by atoms with Crippen LogP contribution < -0.4 is 10.1 Å². The molecule has 5 rings (SSSR count). The summed E-state index contributed by atoms with van der Waals surface area (Å²) < 4.78 is 32.8. The van der Waals surface area contributed by atoms with Gasteiger partial charge >= 0.3 is 0 Å². The molecular weight excluding hydrogens is 579 g/mol. The largest absolute Gasteiger partial charge is 0.496 e. The molecule has 1 amide bonds. The lowest BCUT2D eigenvalue weighted by Gasteiger charge is -2.37. The molecule has 1 atom stereocenters. The van der Waals surface area contributed by atoms with Gasteiger partial charge in [0, 0.05) is 51.5 Å². The van der Waals surface area contributed by atoms with Crippen LogP contribution in [0.2, 0.25) is 5.02 Å². The Bertz CT molecular complexity index is 1600. The second kappa shape index (κ2) is 12.6. The summed E-state index contributed by atoms with van der Waals surface area (Å²) in [4.78, 5) is 17.3. The summed E-state index contributed by atoms with van der Waals surface area (Å²) in [7, 11) is 2.55. The van der Waals surface area contributed by atoms with Gasteiger partial charge in [-0.15, -0.1) is 11.3 Å². The molecule has 1 aliphatic rings. The number of methoxy groups -OCH3 is 1. The van der Waals surface area contributed by atoms with Crippen molar-refractivity contribution in [1.82, 2.24) is 10.2 Å². The standard InChI is InChI=1S/C32H34ClFN2O3S2/c1-19-5-15-26(34)30-28(19)29(33)31(40-30)32(37)36(24-11-9-23(35-2)10-12-24)18-22-17-21(8-16-27(22)39-3)20-6-13-25(14-7-20)41(4)38/h5-8,13-17,23-24,35H,9-12,18H2,1-4H3. The second-order valence-electron chi connectivity index (χ2n) is 10.5. The van der Waals surface area contributed by atoms with E-state index in [1.165, 1.54) is 6.07 Å². The monoisotopic (exact) mass is 612 g/mol. The fourth-order valence-corrected chi connectivity index (χ4v) is 7.85. The summed E-state index contributed by atoms with van der Waals surface area (Å²) in [6, 6.07) is 17.2. The Morgan fingerprint density at radius 1 is 1.10 bits per heavy atom. The summed E-state index contributed by atoms with van der Waals surface area (Å²) >= 11 is 7.93. The van der Waals surface area contributed by atoms with E-state index in [4.69, 9.17) is 16.3 Å². The van der Waals surface area contributed by atoms with Gasteiger partial charge in [0.1, 0.15) is 16.4 Å². The zero-order valence-corrected chi connectivity index (χ0v) is 26.0. The Balaban J connectivity index is 1.54. The van der Waals surface area contributed by atoms with Crippen LogP contribution in [0.15, 0.2) is 59.5 Å². The molecule has 0 bridgehead atoms. The van der Waals surface area contributed by atoms with Gasteiger partial charge in [0.15, 0.2) is 0 Å². The van der Waals surface area contributed by atoms with Crippen molar-refractivity contribution in [1.29, 1.82) is 0 Å². The summed E-state index contributed by atoms with van der Waals surface area (Å²) in [6.45, 7) is 2.21. The Kier molecular flexibility index (Phi) is 9.14. The van der Waals surface area contributed by atoms with Crippen molar-refractivity contribution in [3.05, 3.63) is 81.4 Å². The molecule has 41 heavy (non-hydrogen) atoms. The van der Waals surface area contributed by atoms with E-state index >= 15 is 0 Å². The number of halogens is 2. The Morgan fingerprint density at radius 2 is 1.78 bits per heavy atom. The van der Waals surface area contributed by atoms with E-state index in [-0.39, 0.29) is 17.8 Å². The smallest absolute Gasteiger partial charge is 0.266 e. The van der Waals surface area contributed by atoms with Gasteiger partial charge < -0.3 is 15.0 Å². The van der Waals surface area contributed by atoms with E-state index in [2.05, 4.69) is 5.32 Å². The predicted octanol–water partition coefficient (Wildman–Crippen LogP) is 7.59. The number of thiophene rings is 1. The maximum absolute atomic E-state index is 14.8. The van der Waals surface area contributed by atoms with Gasteiger partial charge in [0.05, 0.1) is 16.8 Å². The number of carbonyl (C=O) groups is 1. The molecule has 1 fully saturated rings. The van der Waals surface area contributed by atoms with Crippen LogP contribution >= 0.6 is 22.9 Å². The van der Waals surface area contributed by atoms with Gasteiger partial charge in [-0.3, -0.25) is 9.00 Å². The number of benzene rings is 3. The maximum atomic E-state index is 14.8. The molecule has 0 radical (unpaired) electrons. The van der Waals surface area contributed by atoms with Crippen LogP contribution in [0, 0.1) is 12.7 Å². The molecule has 1 heterocycles. The van der Waals surface area contributed by atoms with Crippen LogP contribution in [-0.4, -0.2) is 47.5 Å². The van der Waals surface area contributed by atoms with Crippen LogP contribution in [0.4, 0.5) is 4.39 Å². The van der Waals surface area contributed by atoms with Crippen LogP contribution in [0.5, 0.6) is 5.75 Å². The molecule has 0 aliphatic heterocycles. The molecule has 216 valence electrons. The Labute approximate surface area is 252 Å². The normalized spacial score (nSPS) is 17.9. The number of hydrogen-bond donors (Lipinski definition) is 1. The molecule has 1 aromatic heterocycles. The molecule has 1 unspecified atom stereocenters. The number of aryl methyl sites for hydroxylation is 1. The number of nitrogens with one attached hydrogen (secondary N) is 1. The highest BCUT2D eigenvalue weighted by Gasteiger charge is 2.32. The fraction of sp³-hybridized carbons (Fsp3) is 0.344. The van der Waals surface area contributed by atoms with Crippen molar-refractivity contribution >= 4 is 49.7 Å². The molecule has 1 aliphatic carbocycles. The Morgan fingerprint density at radius 3 is 2.39 bits per heavy atom. The van der Waals surface area contributed by atoms with E-state index in [0.717, 1.165) is 64.2 Å². The van der Waals surface area contributed by atoms with Crippen molar-refractivity contribution in [2.24, 2.45) is 0 Å². The molecule has 5 nitrogen and oxygen atoms in total. The minimum Gasteiger partial charge on any atom is -0.496 e. The van der Waals surface area contributed by atoms with E-state index in [0.29, 0.717) is 38.3 Å². The SMILES string of the molecule is CNC1CCC(N(Cc2cc(-c3ccc(S(C)=O)cc3)ccc2OC)C(=O)c2sc3c(F)ccc(C)c3c2Cl)CC1. The predicted molar refractivity (Wildman–Crippen MR) is 167 cm³/mol. The first-order chi connectivity index (χ1) is 19.7. The molecule has 4 aromatic rings. The van der Waals surface area contributed by atoms with Crippen LogP contribution in [0.1, 0.15) is 46.5 Å². The number of fused-ring (bicyclic) bond motifs is 1. The summed E-state index contributed by atoms with van der Waals surface area (Å²) in [5.74, 6) is 0.126. The Hall–Kier alpha value is -2.78. The van der Waals surface area contributed by atoms with Crippen molar-refractivity contribution < 1.29 is 18.1 Å². The molecule has 0 saturated heterocycles. The summed E-state index contributed by atoms with van der Waals surface area (Å²) in [5, 5.41) is 4.29. The van der Waals surface area contributed by atoms with Gasteiger partial charge in [0.2, 0.25) is 0 Å². The lowest BCUT2D eigenvalue weighted by molar-refractivity contribution is 0.0604. The second-order valence-corrected chi connectivity index (χ2v) is 13.3. The lowest BCUT2D eigenvalue weighted by Crippen LogP contribution is -2.44. The highest BCUT2D eigenvalue weighted by Crippen LogP contribution is 2.41. The summed E-state index contributed by atoms with van der Waals surface area (Å²) in [5.41, 5.74) is 3.67. The third-order valence-corrected chi connectivity index (χ3v) is 10.7. The van der Waals surface area contributed by atoms with E-state index in [9.17, 15) is 13.4 Å². The quantitative estimate of drug-likeness (QED) is 0.223. The first-order valence-corrected chi connectivity index (χ1v) is 16.4. The van der Waals surface area contributed by atoms with Crippen LogP contribution in [0.25, 0.3) is 21.2 Å². The fourth-order valence-electron chi connectivity index (χ4n) is 5.70. The molecule has 3 aromatic carbocycles. The third-order valence-electron chi connectivity index (χ3n) is 8.08. The number of rotatable bonds is 8. The maximum Gasteiger partial charge on any atom is 0.266 e. The zero-order valence-electron chi connectivity index (χ0n) is 23.6.